The van der Waals surface area contributed by atoms with E-state index in [1.807, 2.05) is 0 Å². The summed E-state index contributed by atoms with van der Waals surface area (Å²) in [5.74, 6) is 0. The number of nitrogens with one attached hydrogen (secondary N) is 1. The Hall–Kier alpha value is -0.160. The van der Waals surface area contributed by atoms with E-state index in [2.05, 4.69) is 82.2 Å². The SMILES string of the molecule is CCNC(c1cc(C)c(Br)s1)c1cccc(C)c1Br. The molecule has 0 fully saturated rings. The van der Waals surface area contributed by atoms with Crippen LogP contribution in [0.15, 0.2) is 32.5 Å². The van der Waals surface area contributed by atoms with Crippen LogP contribution in [0.3, 0.4) is 0 Å². The van der Waals surface area contributed by atoms with Crippen LogP contribution in [-0.2, 0) is 0 Å². The summed E-state index contributed by atoms with van der Waals surface area (Å²) in [6.45, 7) is 7.36. The lowest BCUT2D eigenvalue weighted by Crippen LogP contribution is -2.21. The average Bonchev–Trinajstić information content (AvgIpc) is 2.70. The van der Waals surface area contributed by atoms with Gasteiger partial charge in [0.15, 0.2) is 0 Å². The smallest absolute Gasteiger partial charge is 0.0731 e. The van der Waals surface area contributed by atoms with Gasteiger partial charge in [-0.05, 0) is 59.1 Å². The molecular weight excluding hydrogens is 386 g/mol. The molecule has 0 aliphatic heterocycles. The van der Waals surface area contributed by atoms with Gasteiger partial charge in [-0.3, -0.25) is 0 Å². The number of rotatable bonds is 4. The first kappa shape index (κ1) is 15.2. The van der Waals surface area contributed by atoms with Gasteiger partial charge in [0, 0.05) is 9.35 Å². The molecule has 0 spiro atoms. The van der Waals surface area contributed by atoms with Crippen molar-refractivity contribution in [3.8, 4) is 0 Å². The topological polar surface area (TPSA) is 12.0 Å². The van der Waals surface area contributed by atoms with Crippen molar-refractivity contribution in [2.75, 3.05) is 6.54 Å². The van der Waals surface area contributed by atoms with E-state index in [0.717, 1.165) is 6.54 Å². The number of aryl methyl sites for hydroxylation is 2. The summed E-state index contributed by atoms with van der Waals surface area (Å²) in [4.78, 5) is 1.34. The lowest BCUT2D eigenvalue weighted by atomic mass is 10.0. The molecule has 1 aromatic carbocycles. The van der Waals surface area contributed by atoms with Crippen molar-refractivity contribution in [1.29, 1.82) is 0 Å². The second-order valence-corrected chi connectivity index (χ2v) is 7.77. The monoisotopic (exact) mass is 401 g/mol. The molecule has 102 valence electrons. The van der Waals surface area contributed by atoms with Crippen molar-refractivity contribution in [1.82, 2.24) is 5.32 Å². The number of thiophene rings is 1. The summed E-state index contributed by atoms with van der Waals surface area (Å²) in [6.07, 6.45) is 0. The van der Waals surface area contributed by atoms with Crippen molar-refractivity contribution >= 4 is 43.2 Å². The maximum Gasteiger partial charge on any atom is 0.0731 e. The number of halogens is 2. The molecule has 0 radical (unpaired) electrons. The molecule has 19 heavy (non-hydrogen) atoms. The molecule has 0 bridgehead atoms. The van der Waals surface area contributed by atoms with Gasteiger partial charge in [0.1, 0.15) is 0 Å². The van der Waals surface area contributed by atoms with Gasteiger partial charge in [-0.2, -0.15) is 0 Å². The predicted molar refractivity (Wildman–Crippen MR) is 91.2 cm³/mol. The van der Waals surface area contributed by atoms with E-state index in [9.17, 15) is 0 Å². The molecule has 1 nitrogen and oxygen atoms in total. The third-order valence-electron chi connectivity index (χ3n) is 3.10. The Labute approximate surface area is 135 Å². The van der Waals surface area contributed by atoms with Crippen LogP contribution in [0.2, 0.25) is 0 Å². The zero-order chi connectivity index (χ0) is 14.0. The van der Waals surface area contributed by atoms with Crippen molar-refractivity contribution < 1.29 is 0 Å². The third kappa shape index (κ3) is 3.30. The zero-order valence-electron chi connectivity index (χ0n) is 11.3. The zero-order valence-corrected chi connectivity index (χ0v) is 15.2. The van der Waals surface area contributed by atoms with Gasteiger partial charge < -0.3 is 5.32 Å². The van der Waals surface area contributed by atoms with Crippen molar-refractivity contribution in [2.45, 2.75) is 26.8 Å². The molecule has 4 heteroatoms. The van der Waals surface area contributed by atoms with E-state index in [0.29, 0.717) is 0 Å². The lowest BCUT2D eigenvalue weighted by Gasteiger charge is -2.19. The van der Waals surface area contributed by atoms with Gasteiger partial charge in [0.25, 0.3) is 0 Å². The third-order valence-corrected chi connectivity index (χ3v) is 6.39. The molecule has 1 atom stereocenters. The first-order valence-corrected chi connectivity index (χ1v) is 8.69. The molecule has 0 aliphatic carbocycles. The highest BCUT2D eigenvalue weighted by Gasteiger charge is 2.19. The Bertz CT molecular complexity index is 558. The van der Waals surface area contributed by atoms with Crippen LogP contribution in [0.4, 0.5) is 0 Å². The second kappa shape index (κ2) is 6.53. The molecular formula is C15H17Br2NS. The molecule has 0 aliphatic rings. The summed E-state index contributed by atoms with van der Waals surface area (Å²) >= 11 is 9.15. The van der Waals surface area contributed by atoms with E-state index < -0.39 is 0 Å². The maximum atomic E-state index is 3.73. The van der Waals surface area contributed by atoms with E-state index in [1.54, 1.807) is 11.3 Å². The Morgan fingerprint density at radius 1 is 1.21 bits per heavy atom. The Balaban J connectivity index is 2.48. The van der Waals surface area contributed by atoms with Crippen molar-refractivity contribution in [3.63, 3.8) is 0 Å². The van der Waals surface area contributed by atoms with Gasteiger partial charge in [-0.1, -0.05) is 41.1 Å². The minimum Gasteiger partial charge on any atom is -0.306 e. The molecule has 0 saturated carbocycles. The van der Waals surface area contributed by atoms with Crippen LogP contribution in [0.1, 0.15) is 34.5 Å². The highest BCUT2D eigenvalue weighted by molar-refractivity contribution is 9.11. The van der Waals surface area contributed by atoms with E-state index >= 15 is 0 Å². The fourth-order valence-electron chi connectivity index (χ4n) is 2.09. The summed E-state index contributed by atoms with van der Waals surface area (Å²) < 4.78 is 2.41. The molecule has 1 N–H and O–H groups in total. The van der Waals surface area contributed by atoms with E-state index in [1.165, 1.54) is 29.8 Å². The van der Waals surface area contributed by atoms with Crippen LogP contribution >= 0.6 is 43.2 Å². The average molecular weight is 403 g/mol. The Morgan fingerprint density at radius 3 is 2.53 bits per heavy atom. The van der Waals surface area contributed by atoms with E-state index in [4.69, 9.17) is 0 Å². The number of benzene rings is 1. The van der Waals surface area contributed by atoms with Crippen molar-refractivity contribution in [2.24, 2.45) is 0 Å². The van der Waals surface area contributed by atoms with Crippen LogP contribution in [0, 0.1) is 13.8 Å². The molecule has 0 saturated heterocycles. The van der Waals surface area contributed by atoms with Gasteiger partial charge in [-0.15, -0.1) is 11.3 Å². The largest absolute Gasteiger partial charge is 0.306 e. The van der Waals surface area contributed by atoms with Gasteiger partial charge in [0.2, 0.25) is 0 Å². The van der Waals surface area contributed by atoms with Crippen LogP contribution in [0.5, 0.6) is 0 Å². The molecule has 0 amide bonds. The van der Waals surface area contributed by atoms with Gasteiger partial charge in [0.05, 0.1) is 9.83 Å². The number of hydrogen-bond acceptors (Lipinski definition) is 2. The molecule has 1 unspecified atom stereocenters. The minimum atomic E-state index is 0.245. The van der Waals surface area contributed by atoms with Gasteiger partial charge >= 0.3 is 0 Å². The summed E-state index contributed by atoms with van der Waals surface area (Å²) in [6, 6.07) is 8.94. The molecule has 1 aromatic heterocycles. The second-order valence-electron chi connectivity index (χ2n) is 4.57. The fourth-order valence-corrected chi connectivity index (χ4v) is 4.25. The van der Waals surface area contributed by atoms with E-state index in [-0.39, 0.29) is 6.04 Å². The molecule has 1 heterocycles. The van der Waals surface area contributed by atoms with Crippen molar-refractivity contribution in [3.05, 3.63) is 54.1 Å². The fraction of sp³-hybridized carbons (Fsp3) is 0.333. The molecule has 2 rings (SSSR count). The maximum absolute atomic E-state index is 3.73. The lowest BCUT2D eigenvalue weighted by molar-refractivity contribution is 0.637. The first-order valence-electron chi connectivity index (χ1n) is 6.28. The summed E-state index contributed by atoms with van der Waals surface area (Å²) in [5.41, 5.74) is 3.87. The molecule has 2 aromatic rings. The highest BCUT2D eigenvalue weighted by Crippen LogP contribution is 2.37. The minimum absolute atomic E-state index is 0.245. The summed E-state index contributed by atoms with van der Waals surface area (Å²) in [7, 11) is 0. The predicted octanol–water partition coefficient (Wildman–Crippen LogP) is 5.59. The van der Waals surface area contributed by atoms with Crippen LogP contribution in [-0.4, -0.2) is 6.54 Å². The van der Waals surface area contributed by atoms with Gasteiger partial charge in [-0.25, -0.2) is 0 Å². The standard InChI is InChI=1S/C15H17Br2NS/c1-4-18-14(12-8-10(3)15(17)19-12)11-7-5-6-9(2)13(11)16/h5-8,14,18H,4H2,1-3H3. The quantitative estimate of drug-likeness (QED) is 0.702. The summed E-state index contributed by atoms with van der Waals surface area (Å²) in [5, 5.41) is 3.58. The highest BCUT2D eigenvalue weighted by atomic mass is 79.9. The number of hydrogen-bond donors (Lipinski definition) is 1. The van der Waals surface area contributed by atoms with Crippen LogP contribution < -0.4 is 5.32 Å². The van der Waals surface area contributed by atoms with Crippen LogP contribution in [0.25, 0.3) is 0 Å². The first-order chi connectivity index (χ1) is 9.04. The normalized spacial score (nSPS) is 12.7. The Kier molecular flexibility index (Phi) is 5.23. The Morgan fingerprint density at radius 2 is 1.95 bits per heavy atom.